The predicted octanol–water partition coefficient (Wildman–Crippen LogP) is 4.71. The van der Waals surface area contributed by atoms with Crippen molar-refractivity contribution < 1.29 is 27.4 Å². The molecule has 0 radical (unpaired) electrons. The number of alkyl halides is 3. The van der Waals surface area contributed by atoms with Crippen LogP contribution in [0.3, 0.4) is 0 Å². The average molecular weight is 478 g/mol. The van der Waals surface area contributed by atoms with Crippen molar-refractivity contribution in [1.82, 2.24) is 9.88 Å². The molecule has 1 aromatic heterocycles. The first kappa shape index (κ1) is 22.9. The highest BCUT2D eigenvalue weighted by atomic mass is 32.1. The Bertz CT molecular complexity index is 1100. The Morgan fingerprint density at radius 1 is 1.09 bits per heavy atom. The SMILES string of the molecule is COc1cc(C(=O)N2CCN(c3cccc(C(F)(F)F)c3)CC2)ccc1OCc1cscn1. The summed E-state index contributed by atoms with van der Waals surface area (Å²) in [5.74, 6) is 0.790. The lowest BCUT2D eigenvalue weighted by Crippen LogP contribution is -2.48. The largest absolute Gasteiger partial charge is 0.493 e. The Kier molecular flexibility index (Phi) is 6.73. The predicted molar refractivity (Wildman–Crippen MR) is 119 cm³/mol. The summed E-state index contributed by atoms with van der Waals surface area (Å²) in [5, 5.41) is 1.89. The molecule has 0 aliphatic carbocycles. The summed E-state index contributed by atoms with van der Waals surface area (Å²) in [5.41, 5.74) is 2.81. The van der Waals surface area contributed by atoms with Crippen molar-refractivity contribution in [2.75, 3.05) is 38.2 Å². The molecule has 1 aliphatic heterocycles. The molecule has 1 saturated heterocycles. The lowest BCUT2D eigenvalue weighted by molar-refractivity contribution is -0.137. The average Bonchev–Trinajstić information content (AvgIpc) is 3.35. The number of methoxy groups -OCH3 is 1. The van der Waals surface area contributed by atoms with Crippen LogP contribution >= 0.6 is 11.3 Å². The molecule has 2 heterocycles. The molecule has 6 nitrogen and oxygen atoms in total. The number of hydrogen-bond donors (Lipinski definition) is 0. The second-order valence-electron chi connectivity index (χ2n) is 7.46. The Labute approximate surface area is 193 Å². The van der Waals surface area contributed by atoms with E-state index in [4.69, 9.17) is 9.47 Å². The molecule has 33 heavy (non-hydrogen) atoms. The maximum Gasteiger partial charge on any atom is 0.416 e. The first-order valence-electron chi connectivity index (χ1n) is 10.2. The molecule has 0 N–H and O–H groups in total. The summed E-state index contributed by atoms with van der Waals surface area (Å²) >= 11 is 1.48. The number of carbonyl (C=O) groups excluding carboxylic acids is 1. The van der Waals surface area contributed by atoms with Crippen molar-refractivity contribution in [2.45, 2.75) is 12.8 Å². The highest BCUT2D eigenvalue weighted by Gasteiger charge is 2.31. The van der Waals surface area contributed by atoms with Crippen LogP contribution in [0.2, 0.25) is 0 Å². The number of piperazine rings is 1. The van der Waals surface area contributed by atoms with Gasteiger partial charge in [0.25, 0.3) is 5.91 Å². The van der Waals surface area contributed by atoms with Crippen LogP contribution in [0.1, 0.15) is 21.6 Å². The third-order valence-electron chi connectivity index (χ3n) is 5.38. The molecule has 0 saturated carbocycles. The fourth-order valence-electron chi connectivity index (χ4n) is 3.61. The van der Waals surface area contributed by atoms with E-state index in [1.165, 1.54) is 24.5 Å². The number of ether oxygens (including phenoxy) is 2. The van der Waals surface area contributed by atoms with Crippen LogP contribution in [0, 0.1) is 0 Å². The molecule has 1 fully saturated rings. The number of amides is 1. The van der Waals surface area contributed by atoms with Gasteiger partial charge in [0.1, 0.15) is 6.61 Å². The quantitative estimate of drug-likeness (QED) is 0.515. The van der Waals surface area contributed by atoms with Gasteiger partial charge in [-0.25, -0.2) is 4.98 Å². The van der Waals surface area contributed by atoms with Gasteiger partial charge in [-0.1, -0.05) is 6.07 Å². The second-order valence-corrected chi connectivity index (χ2v) is 8.18. The molecule has 1 amide bonds. The van der Waals surface area contributed by atoms with Crippen molar-refractivity contribution in [3.63, 3.8) is 0 Å². The number of anilines is 1. The van der Waals surface area contributed by atoms with Crippen LogP contribution in [0.25, 0.3) is 0 Å². The van der Waals surface area contributed by atoms with Gasteiger partial charge in [-0.3, -0.25) is 4.79 Å². The van der Waals surface area contributed by atoms with Crippen LogP contribution in [0.4, 0.5) is 18.9 Å². The van der Waals surface area contributed by atoms with E-state index in [0.29, 0.717) is 55.5 Å². The van der Waals surface area contributed by atoms with E-state index >= 15 is 0 Å². The fraction of sp³-hybridized carbons (Fsp3) is 0.304. The number of nitrogens with zero attached hydrogens (tertiary/aromatic N) is 3. The van der Waals surface area contributed by atoms with Crippen LogP contribution in [-0.2, 0) is 12.8 Å². The monoisotopic (exact) mass is 477 g/mol. The van der Waals surface area contributed by atoms with Crippen molar-refractivity contribution in [1.29, 1.82) is 0 Å². The first-order valence-corrected chi connectivity index (χ1v) is 11.2. The third kappa shape index (κ3) is 5.39. The zero-order valence-corrected chi connectivity index (χ0v) is 18.7. The number of carbonyl (C=O) groups is 1. The molecule has 3 aromatic rings. The topological polar surface area (TPSA) is 54.9 Å². The van der Waals surface area contributed by atoms with Crippen LogP contribution in [0.15, 0.2) is 53.4 Å². The van der Waals surface area contributed by atoms with Crippen molar-refractivity contribution in [3.8, 4) is 11.5 Å². The molecule has 0 unspecified atom stereocenters. The van der Waals surface area contributed by atoms with Gasteiger partial charge >= 0.3 is 6.18 Å². The highest BCUT2D eigenvalue weighted by Crippen LogP contribution is 2.32. The molecular weight excluding hydrogens is 455 g/mol. The Morgan fingerprint density at radius 3 is 2.55 bits per heavy atom. The number of thiazole rings is 1. The van der Waals surface area contributed by atoms with E-state index in [1.54, 1.807) is 34.7 Å². The van der Waals surface area contributed by atoms with E-state index in [9.17, 15) is 18.0 Å². The number of halogens is 3. The van der Waals surface area contributed by atoms with Crippen LogP contribution in [0.5, 0.6) is 11.5 Å². The highest BCUT2D eigenvalue weighted by molar-refractivity contribution is 7.07. The van der Waals surface area contributed by atoms with Crippen LogP contribution in [-0.4, -0.2) is 49.1 Å². The van der Waals surface area contributed by atoms with Gasteiger partial charge in [-0.15, -0.1) is 11.3 Å². The second kappa shape index (κ2) is 9.70. The number of benzene rings is 2. The zero-order chi connectivity index (χ0) is 23.4. The summed E-state index contributed by atoms with van der Waals surface area (Å²) in [6.45, 7) is 1.99. The number of rotatable bonds is 6. The number of aromatic nitrogens is 1. The third-order valence-corrected chi connectivity index (χ3v) is 6.01. The van der Waals surface area contributed by atoms with Crippen molar-refractivity contribution in [3.05, 3.63) is 70.2 Å². The van der Waals surface area contributed by atoms with Crippen molar-refractivity contribution in [2.24, 2.45) is 0 Å². The molecule has 1 aliphatic rings. The van der Waals surface area contributed by atoms with Gasteiger partial charge in [0, 0.05) is 42.8 Å². The Morgan fingerprint density at radius 2 is 1.88 bits per heavy atom. The number of hydrogen-bond acceptors (Lipinski definition) is 6. The van der Waals surface area contributed by atoms with Gasteiger partial charge in [0.15, 0.2) is 11.5 Å². The van der Waals surface area contributed by atoms with Crippen molar-refractivity contribution >= 4 is 22.9 Å². The maximum atomic E-state index is 13.0. The summed E-state index contributed by atoms with van der Waals surface area (Å²) < 4.78 is 50.2. The summed E-state index contributed by atoms with van der Waals surface area (Å²) in [4.78, 5) is 20.7. The van der Waals surface area contributed by atoms with Crippen LogP contribution < -0.4 is 14.4 Å². The molecule has 4 rings (SSSR count). The van der Waals surface area contributed by atoms with E-state index in [-0.39, 0.29) is 5.91 Å². The first-order chi connectivity index (χ1) is 15.8. The lowest BCUT2D eigenvalue weighted by Gasteiger charge is -2.36. The molecule has 0 bridgehead atoms. The minimum atomic E-state index is -4.39. The van der Waals surface area contributed by atoms with Gasteiger partial charge in [-0.2, -0.15) is 13.2 Å². The molecule has 2 aromatic carbocycles. The molecule has 0 spiro atoms. The Hall–Kier alpha value is -3.27. The smallest absolute Gasteiger partial charge is 0.416 e. The minimum Gasteiger partial charge on any atom is -0.493 e. The van der Waals surface area contributed by atoms with E-state index < -0.39 is 11.7 Å². The van der Waals surface area contributed by atoms with Gasteiger partial charge in [-0.05, 0) is 36.4 Å². The standard InChI is InChI=1S/C23H22F3N3O3S/c1-31-21-11-16(5-6-20(21)32-13-18-14-33-15-27-18)22(30)29-9-7-28(8-10-29)19-4-2-3-17(12-19)23(24,25)26/h2-6,11-12,14-15H,7-10,13H2,1H3. The molecule has 174 valence electrons. The normalized spacial score (nSPS) is 14.3. The van der Waals surface area contributed by atoms with E-state index in [1.807, 2.05) is 10.3 Å². The minimum absolute atomic E-state index is 0.164. The maximum absolute atomic E-state index is 13.0. The molecule has 10 heteroatoms. The lowest BCUT2D eigenvalue weighted by atomic mass is 10.1. The van der Waals surface area contributed by atoms with E-state index in [2.05, 4.69) is 4.98 Å². The summed E-state index contributed by atoms with van der Waals surface area (Å²) in [7, 11) is 1.51. The van der Waals surface area contributed by atoms with Gasteiger partial charge < -0.3 is 19.3 Å². The molecule has 0 atom stereocenters. The molecular formula is C23H22F3N3O3S. The Balaban J connectivity index is 1.39. The van der Waals surface area contributed by atoms with E-state index in [0.717, 1.165) is 17.8 Å². The summed E-state index contributed by atoms with van der Waals surface area (Å²) in [6.07, 6.45) is -4.39. The van der Waals surface area contributed by atoms with Gasteiger partial charge in [0.2, 0.25) is 0 Å². The summed E-state index contributed by atoms with van der Waals surface area (Å²) in [6, 6.07) is 10.3. The zero-order valence-electron chi connectivity index (χ0n) is 17.8. The fourth-order valence-corrected chi connectivity index (χ4v) is 4.15. The van der Waals surface area contributed by atoms with Gasteiger partial charge in [0.05, 0.1) is 23.9 Å².